The smallest absolute Gasteiger partial charge is 0.0465 e. The highest BCUT2D eigenvalue weighted by atomic mass is 16.5. The summed E-state index contributed by atoms with van der Waals surface area (Å²) in [6.45, 7) is 8.89. The number of hydrogen-bond acceptors (Lipinski definition) is 2. The monoisotopic (exact) mass is 261 g/mol. The van der Waals surface area contributed by atoms with E-state index in [1.54, 1.807) is 7.11 Å². The van der Waals surface area contributed by atoms with Gasteiger partial charge in [-0.05, 0) is 56.7 Å². The number of piperidine rings is 1. The number of ether oxygens (including phenoxy) is 1. The van der Waals surface area contributed by atoms with Crippen molar-refractivity contribution in [3.05, 3.63) is 34.9 Å². The average Bonchev–Trinajstić information content (AvgIpc) is 2.40. The van der Waals surface area contributed by atoms with Gasteiger partial charge in [0, 0.05) is 26.8 Å². The highest BCUT2D eigenvalue weighted by molar-refractivity contribution is 5.30. The van der Waals surface area contributed by atoms with Crippen LogP contribution in [0.15, 0.2) is 18.2 Å². The Kier molecular flexibility index (Phi) is 5.41. The van der Waals surface area contributed by atoms with Crippen molar-refractivity contribution in [3.8, 4) is 0 Å². The summed E-state index contributed by atoms with van der Waals surface area (Å²) in [7, 11) is 1.80. The van der Waals surface area contributed by atoms with Crippen molar-refractivity contribution < 1.29 is 4.74 Å². The fourth-order valence-electron chi connectivity index (χ4n) is 3.08. The molecule has 2 heteroatoms. The van der Waals surface area contributed by atoms with E-state index in [2.05, 4.69) is 36.9 Å². The van der Waals surface area contributed by atoms with Crippen LogP contribution in [0.1, 0.15) is 36.0 Å². The molecule has 1 aliphatic rings. The van der Waals surface area contributed by atoms with Crippen molar-refractivity contribution in [2.75, 3.05) is 26.8 Å². The number of benzene rings is 1. The van der Waals surface area contributed by atoms with Gasteiger partial charge in [0.2, 0.25) is 0 Å². The van der Waals surface area contributed by atoms with E-state index in [0.717, 1.165) is 19.1 Å². The molecule has 0 spiro atoms. The quantitative estimate of drug-likeness (QED) is 0.803. The fourth-order valence-corrected chi connectivity index (χ4v) is 3.08. The van der Waals surface area contributed by atoms with E-state index in [1.165, 1.54) is 49.0 Å². The Morgan fingerprint density at radius 3 is 2.89 bits per heavy atom. The molecule has 1 aromatic carbocycles. The lowest BCUT2D eigenvalue weighted by atomic mass is 9.94. The Labute approximate surface area is 117 Å². The van der Waals surface area contributed by atoms with Gasteiger partial charge in [0.25, 0.3) is 0 Å². The van der Waals surface area contributed by atoms with Crippen LogP contribution in [0.2, 0.25) is 0 Å². The van der Waals surface area contributed by atoms with Crippen LogP contribution < -0.4 is 0 Å². The molecule has 2 rings (SSSR count). The Bertz CT molecular complexity index is 402. The highest BCUT2D eigenvalue weighted by Crippen LogP contribution is 2.22. The molecule has 19 heavy (non-hydrogen) atoms. The van der Waals surface area contributed by atoms with E-state index in [1.807, 2.05) is 0 Å². The maximum atomic E-state index is 5.21. The highest BCUT2D eigenvalue weighted by Gasteiger charge is 2.19. The van der Waals surface area contributed by atoms with Gasteiger partial charge in [-0.1, -0.05) is 23.8 Å². The molecule has 1 aromatic rings. The SMILES string of the molecule is COCC[C@@H]1CCCN(Cc2ccc(C)cc2C)C1. The molecule has 0 amide bonds. The van der Waals surface area contributed by atoms with Crippen LogP contribution in [-0.2, 0) is 11.3 Å². The lowest BCUT2D eigenvalue weighted by Crippen LogP contribution is -2.35. The molecule has 0 N–H and O–H groups in total. The van der Waals surface area contributed by atoms with Crippen molar-refractivity contribution in [1.82, 2.24) is 4.90 Å². The molecule has 1 saturated heterocycles. The first kappa shape index (κ1) is 14.5. The van der Waals surface area contributed by atoms with Crippen LogP contribution in [0.3, 0.4) is 0 Å². The predicted octanol–water partition coefficient (Wildman–Crippen LogP) is 3.55. The van der Waals surface area contributed by atoms with Gasteiger partial charge >= 0.3 is 0 Å². The van der Waals surface area contributed by atoms with Crippen molar-refractivity contribution in [2.24, 2.45) is 5.92 Å². The lowest BCUT2D eigenvalue weighted by molar-refractivity contribution is 0.123. The fraction of sp³-hybridized carbons (Fsp3) is 0.647. The Hall–Kier alpha value is -0.860. The third-order valence-electron chi connectivity index (χ3n) is 4.23. The summed E-state index contributed by atoms with van der Waals surface area (Å²) in [4.78, 5) is 2.61. The van der Waals surface area contributed by atoms with Crippen LogP contribution >= 0.6 is 0 Å². The average molecular weight is 261 g/mol. The van der Waals surface area contributed by atoms with Crippen LogP contribution in [0.4, 0.5) is 0 Å². The van der Waals surface area contributed by atoms with Gasteiger partial charge < -0.3 is 4.74 Å². The maximum Gasteiger partial charge on any atom is 0.0465 e. The molecule has 1 aliphatic heterocycles. The first-order chi connectivity index (χ1) is 9.19. The third-order valence-corrected chi connectivity index (χ3v) is 4.23. The molecule has 0 unspecified atom stereocenters. The molecular weight excluding hydrogens is 234 g/mol. The molecule has 0 radical (unpaired) electrons. The van der Waals surface area contributed by atoms with E-state index in [0.29, 0.717) is 0 Å². The summed E-state index contributed by atoms with van der Waals surface area (Å²) < 4.78 is 5.21. The van der Waals surface area contributed by atoms with Gasteiger partial charge in [-0.2, -0.15) is 0 Å². The van der Waals surface area contributed by atoms with Crippen molar-refractivity contribution in [2.45, 2.75) is 39.7 Å². The summed E-state index contributed by atoms with van der Waals surface area (Å²) in [5.74, 6) is 0.819. The van der Waals surface area contributed by atoms with Gasteiger partial charge in [0.05, 0.1) is 0 Å². The molecule has 2 nitrogen and oxygen atoms in total. The van der Waals surface area contributed by atoms with E-state index < -0.39 is 0 Å². The number of rotatable bonds is 5. The standard InChI is InChI=1S/C17H27NO/c1-14-6-7-17(15(2)11-14)13-18-9-4-5-16(12-18)8-10-19-3/h6-7,11,16H,4-5,8-10,12-13H2,1-3H3/t16-/m0/s1. The van der Waals surface area contributed by atoms with Gasteiger partial charge in [-0.3, -0.25) is 4.90 Å². The Morgan fingerprint density at radius 2 is 2.16 bits per heavy atom. The molecule has 1 fully saturated rings. The second kappa shape index (κ2) is 7.06. The third kappa shape index (κ3) is 4.32. The first-order valence-electron chi connectivity index (χ1n) is 7.46. The van der Waals surface area contributed by atoms with Crippen LogP contribution in [-0.4, -0.2) is 31.7 Å². The van der Waals surface area contributed by atoms with Crippen molar-refractivity contribution >= 4 is 0 Å². The van der Waals surface area contributed by atoms with Crippen molar-refractivity contribution in [3.63, 3.8) is 0 Å². The van der Waals surface area contributed by atoms with Gasteiger partial charge in [0.15, 0.2) is 0 Å². The van der Waals surface area contributed by atoms with Crippen LogP contribution in [0, 0.1) is 19.8 Å². The summed E-state index contributed by atoms with van der Waals surface area (Å²) in [5, 5.41) is 0. The first-order valence-corrected chi connectivity index (χ1v) is 7.46. The topological polar surface area (TPSA) is 12.5 Å². The van der Waals surface area contributed by atoms with Gasteiger partial charge in [-0.15, -0.1) is 0 Å². The summed E-state index contributed by atoms with van der Waals surface area (Å²) in [6, 6.07) is 6.82. The molecule has 0 saturated carbocycles. The summed E-state index contributed by atoms with van der Waals surface area (Å²) >= 11 is 0. The minimum atomic E-state index is 0.819. The normalized spacial score (nSPS) is 20.7. The van der Waals surface area contributed by atoms with Crippen LogP contribution in [0.25, 0.3) is 0 Å². The second-order valence-electron chi connectivity index (χ2n) is 5.95. The number of aryl methyl sites for hydroxylation is 2. The number of hydrogen-bond donors (Lipinski definition) is 0. The zero-order valence-electron chi connectivity index (χ0n) is 12.6. The molecule has 1 heterocycles. The minimum Gasteiger partial charge on any atom is -0.385 e. The molecule has 0 bridgehead atoms. The van der Waals surface area contributed by atoms with Gasteiger partial charge in [0.1, 0.15) is 0 Å². The van der Waals surface area contributed by atoms with Crippen molar-refractivity contribution in [1.29, 1.82) is 0 Å². The van der Waals surface area contributed by atoms with Crippen LogP contribution in [0.5, 0.6) is 0 Å². The Morgan fingerprint density at radius 1 is 1.32 bits per heavy atom. The minimum absolute atomic E-state index is 0.819. The zero-order chi connectivity index (χ0) is 13.7. The number of methoxy groups -OCH3 is 1. The molecule has 1 atom stereocenters. The molecule has 0 aromatic heterocycles. The lowest BCUT2D eigenvalue weighted by Gasteiger charge is -2.33. The summed E-state index contributed by atoms with van der Waals surface area (Å²) in [6.07, 6.45) is 3.91. The largest absolute Gasteiger partial charge is 0.385 e. The predicted molar refractivity (Wildman–Crippen MR) is 80.4 cm³/mol. The van der Waals surface area contributed by atoms with E-state index in [-0.39, 0.29) is 0 Å². The summed E-state index contributed by atoms with van der Waals surface area (Å²) in [5.41, 5.74) is 4.27. The zero-order valence-corrected chi connectivity index (χ0v) is 12.6. The molecule has 106 valence electrons. The van der Waals surface area contributed by atoms with E-state index >= 15 is 0 Å². The number of likely N-dealkylation sites (tertiary alicyclic amines) is 1. The van der Waals surface area contributed by atoms with E-state index in [4.69, 9.17) is 4.74 Å². The maximum absolute atomic E-state index is 5.21. The molecule has 0 aliphatic carbocycles. The molecular formula is C17H27NO. The van der Waals surface area contributed by atoms with E-state index in [9.17, 15) is 0 Å². The van der Waals surface area contributed by atoms with Gasteiger partial charge in [-0.25, -0.2) is 0 Å². The Balaban J connectivity index is 1.91. The number of nitrogens with zero attached hydrogens (tertiary/aromatic N) is 1. The second-order valence-corrected chi connectivity index (χ2v) is 5.95.